The van der Waals surface area contributed by atoms with Gasteiger partial charge in [-0.3, -0.25) is 4.79 Å². The number of hydrogen-bond donors (Lipinski definition) is 0. The number of benzene rings is 1. The minimum absolute atomic E-state index is 0.119. The van der Waals surface area contributed by atoms with Crippen molar-refractivity contribution in [3.8, 4) is 0 Å². The van der Waals surface area contributed by atoms with Gasteiger partial charge < -0.3 is 9.64 Å². The summed E-state index contributed by atoms with van der Waals surface area (Å²) in [4.78, 5) is 14.9. The van der Waals surface area contributed by atoms with Gasteiger partial charge in [-0.15, -0.1) is 0 Å². The summed E-state index contributed by atoms with van der Waals surface area (Å²) in [7, 11) is 3.50. The standard InChI is InChI=1S/C18H26FNO2/c1-20(12-7-13-22-2)17(21)18(10-4-3-5-11-18)15-8-6-9-16(19)14-15/h6,8-9,14H,3-5,7,10-13H2,1-2H3. The first-order valence-electron chi connectivity index (χ1n) is 8.11. The van der Waals surface area contributed by atoms with Crippen molar-refractivity contribution in [2.75, 3.05) is 27.3 Å². The van der Waals surface area contributed by atoms with E-state index in [9.17, 15) is 9.18 Å². The number of nitrogens with zero attached hydrogens (tertiary/aromatic N) is 1. The number of ether oxygens (including phenoxy) is 1. The van der Waals surface area contributed by atoms with Crippen molar-refractivity contribution in [1.82, 2.24) is 4.90 Å². The molecule has 0 N–H and O–H groups in total. The molecule has 1 aliphatic carbocycles. The second kappa shape index (κ2) is 7.73. The highest BCUT2D eigenvalue weighted by atomic mass is 19.1. The van der Waals surface area contributed by atoms with Crippen LogP contribution in [-0.4, -0.2) is 38.1 Å². The van der Waals surface area contributed by atoms with Gasteiger partial charge in [0.05, 0.1) is 5.41 Å². The van der Waals surface area contributed by atoms with Crippen LogP contribution in [0.25, 0.3) is 0 Å². The lowest BCUT2D eigenvalue weighted by molar-refractivity contribution is -0.137. The summed E-state index contributed by atoms with van der Waals surface area (Å²) in [6.07, 6.45) is 5.63. The summed E-state index contributed by atoms with van der Waals surface area (Å²) in [6.45, 7) is 1.31. The summed E-state index contributed by atoms with van der Waals surface area (Å²) >= 11 is 0. The van der Waals surface area contributed by atoms with Crippen LogP contribution in [0, 0.1) is 5.82 Å². The normalized spacial score (nSPS) is 17.2. The largest absolute Gasteiger partial charge is 0.385 e. The summed E-state index contributed by atoms with van der Waals surface area (Å²) in [5, 5.41) is 0. The van der Waals surface area contributed by atoms with Gasteiger partial charge in [-0.2, -0.15) is 0 Å². The quantitative estimate of drug-likeness (QED) is 0.753. The third-order valence-electron chi connectivity index (χ3n) is 4.68. The van der Waals surface area contributed by atoms with E-state index in [1.165, 1.54) is 12.1 Å². The molecule has 0 spiro atoms. The van der Waals surface area contributed by atoms with Gasteiger partial charge in [0.15, 0.2) is 0 Å². The average molecular weight is 307 g/mol. The summed E-state index contributed by atoms with van der Waals surface area (Å²) in [5.41, 5.74) is 0.276. The molecule has 1 fully saturated rings. The molecule has 122 valence electrons. The maximum absolute atomic E-state index is 13.7. The van der Waals surface area contributed by atoms with Gasteiger partial charge in [-0.1, -0.05) is 31.4 Å². The number of likely N-dealkylation sites (N-methyl/N-ethyl adjacent to an activating group) is 1. The molecule has 1 aromatic rings. The fraction of sp³-hybridized carbons (Fsp3) is 0.611. The number of carbonyl (C=O) groups excluding carboxylic acids is 1. The number of halogens is 1. The molecule has 22 heavy (non-hydrogen) atoms. The SMILES string of the molecule is COCCCN(C)C(=O)C1(c2cccc(F)c2)CCCCC1. The molecular formula is C18H26FNO2. The zero-order valence-electron chi connectivity index (χ0n) is 13.6. The van der Waals surface area contributed by atoms with E-state index >= 15 is 0 Å². The van der Waals surface area contributed by atoms with E-state index in [0.717, 1.165) is 44.1 Å². The van der Waals surface area contributed by atoms with Gasteiger partial charge in [-0.05, 0) is 37.0 Å². The van der Waals surface area contributed by atoms with E-state index < -0.39 is 5.41 Å². The second-order valence-electron chi connectivity index (χ2n) is 6.23. The molecule has 0 aliphatic heterocycles. The Labute approximate surface area is 132 Å². The number of carbonyl (C=O) groups is 1. The molecule has 1 aliphatic rings. The summed E-state index contributed by atoms with van der Waals surface area (Å²) in [5.74, 6) is -0.147. The smallest absolute Gasteiger partial charge is 0.232 e. The molecule has 3 nitrogen and oxygen atoms in total. The highest BCUT2D eigenvalue weighted by molar-refractivity contribution is 5.88. The Morgan fingerprint density at radius 3 is 2.68 bits per heavy atom. The Kier molecular flexibility index (Phi) is 5.95. The van der Waals surface area contributed by atoms with Crippen LogP contribution in [0.1, 0.15) is 44.1 Å². The van der Waals surface area contributed by atoms with E-state index in [-0.39, 0.29) is 11.7 Å². The predicted octanol–water partition coefficient (Wildman–Crippen LogP) is 3.52. The molecule has 1 amide bonds. The van der Waals surface area contributed by atoms with Crippen LogP contribution in [0.15, 0.2) is 24.3 Å². The Balaban J connectivity index is 2.23. The fourth-order valence-electron chi connectivity index (χ4n) is 3.48. The Bertz CT molecular complexity index is 498. The topological polar surface area (TPSA) is 29.5 Å². The molecule has 2 rings (SSSR count). The van der Waals surface area contributed by atoms with Crippen molar-refractivity contribution >= 4 is 5.91 Å². The monoisotopic (exact) mass is 307 g/mol. The van der Waals surface area contributed by atoms with Crippen molar-refractivity contribution in [3.05, 3.63) is 35.6 Å². The highest BCUT2D eigenvalue weighted by Gasteiger charge is 2.42. The van der Waals surface area contributed by atoms with Gasteiger partial charge in [0, 0.05) is 27.3 Å². The van der Waals surface area contributed by atoms with Crippen LogP contribution in [0.2, 0.25) is 0 Å². The third kappa shape index (κ3) is 3.67. The second-order valence-corrected chi connectivity index (χ2v) is 6.23. The van der Waals surface area contributed by atoms with Crippen molar-refractivity contribution in [2.24, 2.45) is 0 Å². The van der Waals surface area contributed by atoms with Crippen molar-refractivity contribution < 1.29 is 13.9 Å². The lowest BCUT2D eigenvalue weighted by Gasteiger charge is -2.39. The van der Waals surface area contributed by atoms with Gasteiger partial charge in [0.2, 0.25) is 5.91 Å². The lowest BCUT2D eigenvalue weighted by Crippen LogP contribution is -2.47. The Morgan fingerprint density at radius 1 is 1.32 bits per heavy atom. The molecule has 0 bridgehead atoms. The first-order chi connectivity index (χ1) is 10.6. The minimum atomic E-state index is -0.553. The number of methoxy groups -OCH3 is 1. The van der Waals surface area contributed by atoms with Crippen molar-refractivity contribution in [2.45, 2.75) is 43.9 Å². The third-order valence-corrected chi connectivity index (χ3v) is 4.68. The van der Waals surface area contributed by atoms with E-state index in [4.69, 9.17) is 4.74 Å². The molecule has 1 aromatic carbocycles. The van der Waals surface area contributed by atoms with E-state index in [1.54, 1.807) is 18.1 Å². The zero-order chi connectivity index (χ0) is 16.0. The molecule has 4 heteroatoms. The molecule has 0 heterocycles. The molecule has 0 atom stereocenters. The number of hydrogen-bond acceptors (Lipinski definition) is 2. The van der Waals surface area contributed by atoms with Crippen LogP contribution < -0.4 is 0 Å². The van der Waals surface area contributed by atoms with Crippen molar-refractivity contribution in [1.29, 1.82) is 0 Å². The highest BCUT2D eigenvalue weighted by Crippen LogP contribution is 2.41. The van der Waals surface area contributed by atoms with Gasteiger partial charge in [0.1, 0.15) is 5.82 Å². The first-order valence-corrected chi connectivity index (χ1v) is 8.11. The summed E-state index contributed by atoms with van der Waals surface area (Å²) in [6, 6.07) is 6.58. The maximum atomic E-state index is 13.7. The van der Waals surface area contributed by atoms with Gasteiger partial charge >= 0.3 is 0 Å². The lowest BCUT2D eigenvalue weighted by atomic mass is 9.68. The van der Waals surface area contributed by atoms with Crippen LogP contribution in [0.4, 0.5) is 4.39 Å². The molecular weight excluding hydrogens is 281 g/mol. The van der Waals surface area contributed by atoms with Gasteiger partial charge in [-0.25, -0.2) is 4.39 Å². The predicted molar refractivity (Wildman–Crippen MR) is 85.3 cm³/mol. The molecule has 0 radical (unpaired) electrons. The average Bonchev–Trinajstić information content (AvgIpc) is 2.55. The maximum Gasteiger partial charge on any atom is 0.232 e. The molecule has 1 saturated carbocycles. The first kappa shape index (κ1) is 16.9. The van der Waals surface area contributed by atoms with Crippen LogP contribution in [-0.2, 0) is 14.9 Å². The number of rotatable bonds is 6. The van der Waals surface area contributed by atoms with Crippen LogP contribution >= 0.6 is 0 Å². The molecule has 0 saturated heterocycles. The van der Waals surface area contributed by atoms with Crippen LogP contribution in [0.3, 0.4) is 0 Å². The summed E-state index contributed by atoms with van der Waals surface area (Å²) < 4.78 is 18.7. The fourth-order valence-corrected chi connectivity index (χ4v) is 3.48. The zero-order valence-corrected chi connectivity index (χ0v) is 13.6. The van der Waals surface area contributed by atoms with Crippen LogP contribution in [0.5, 0.6) is 0 Å². The molecule has 0 aromatic heterocycles. The van der Waals surface area contributed by atoms with Gasteiger partial charge in [0.25, 0.3) is 0 Å². The van der Waals surface area contributed by atoms with E-state index in [1.807, 2.05) is 13.1 Å². The molecule has 0 unspecified atom stereocenters. The van der Waals surface area contributed by atoms with Crippen molar-refractivity contribution in [3.63, 3.8) is 0 Å². The number of amides is 1. The minimum Gasteiger partial charge on any atom is -0.385 e. The van der Waals surface area contributed by atoms with E-state index in [2.05, 4.69) is 0 Å². The van der Waals surface area contributed by atoms with E-state index in [0.29, 0.717) is 13.2 Å². The Morgan fingerprint density at radius 2 is 2.05 bits per heavy atom. The Hall–Kier alpha value is -1.42.